The van der Waals surface area contributed by atoms with E-state index in [1.54, 1.807) is 0 Å². The van der Waals surface area contributed by atoms with Crippen molar-refractivity contribution in [1.82, 2.24) is 10.2 Å². The number of amides is 4. The molecule has 0 saturated carbocycles. The fourth-order valence-corrected chi connectivity index (χ4v) is 1.09. The first-order chi connectivity index (χ1) is 7.81. The molecule has 0 radical (unpaired) electrons. The molecule has 17 heavy (non-hydrogen) atoms. The fraction of sp³-hybridized carbons (Fsp3) is 0.500. The van der Waals surface area contributed by atoms with E-state index in [4.69, 9.17) is 16.6 Å². The summed E-state index contributed by atoms with van der Waals surface area (Å²) in [6, 6.07) is -0.991. The molecular weight excluding hydrogens is 232 g/mol. The molecule has 0 aliphatic rings. The number of nitrogens with two attached hydrogens (primary N) is 2. The number of imide groups is 1. The number of primary amides is 2. The van der Waals surface area contributed by atoms with Gasteiger partial charge in [-0.2, -0.15) is 0 Å². The summed E-state index contributed by atoms with van der Waals surface area (Å²) in [6.45, 7) is -0.725. The van der Waals surface area contributed by atoms with Gasteiger partial charge in [-0.15, -0.1) is 0 Å². The maximum Gasteiger partial charge on any atom is 0.318 e. The van der Waals surface area contributed by atoms with Gasteiger partial charge in [0, 0.05) is 13.0 Å². The number of carbonyl (C=O) groups is 4. The molecule has 0 spiro atoms. The number of hydrogen-bond acceptors (Lipinski definition) is 5. The normalized spacial score (nSPS) is 9.94. The summed E-state index contributed by atoms with van der Waals surface area (Å²) >= 11 is 0. The van der Waals surface area contributed by atoms with E-state index in [0.717, 1.165) is 0 Å². The van der Waals surface area contributed by atoms with Crippen molar-refractivity contribution in [3.8, 4) is 0 Å². The Labute approximate surface area is 96.7 Å². The minimum atomic E-state index is -1.15. The highest BCUT2D eigenvalue weighted by Crippen LogP contribution is 1.91. The quantitative estimate of drug-likeness (QED) is 0.387. The first kappa shape index (κ1) is 14.8. The number of rotatable bonds is 7. The highest BCUT2D eigenvalue weighted by Gasteiger charge is 2.14. The van der Waals surface area contributed by atoms with Gasteiger partial charge >= 0.3 is 12.0 Å². The summed E-state index contributed by atoms with van der Waals surface area (Å²) in [6.07, 6.45) is -0.163. The molecule has 0 aliphatic carbocycles. The van der Waals surface area contributed by atoms with Gasteiger partial charge in [0.15, 0.2) is 0 Å². The molecule has 0 fully saturated rings. The van der Waals surface area contributed by atoms with E-state index in [9.17, 15) is 19.2 Å². The van der Waals surface area contributed by atoms with Gasteiger partial charge in [-0.3, -0.25) is 24.6 Å². The lowest BCUT2D eigenvalue weighted by Gasteiger charge is -2.17. The largest absolute Gasteiger partial charge is 0.480 e. The average Bonchev–Trinajstić information content (AvgIpc) is 2.11. The summed E-state index contributed by atoms with van der Waals surface area (Å²) in [5.41, 5.74) is 9.62. The van der Waals surface area contributed by atoms with Crippen LogP contribution in [0.15, 0.2) is 0 Å². The van der Waals surface area contributed by atoms with Crippen molar-refractivity contribution in [1.29, 1.82) is 0 Å². The van der Waals surface area contributed by atoms with Crippen molar-refractivity contribution in [2.75, 3.05) is 19.6 Å². The Balaban J connectivity index is 4.14. The molecule has 0 aromatic rings. The van der Waals surface area contributed by atoms with E-state index in [1.807, 2.05) is 5.32 Å². The second-order valence-corrected chi connectivity index (χ2v) is 3.23. The minimum Gasteiger partial charge on any atom is -0.480 e. The number of urea groups is 1. The predicted molar refractivity (Wildman–Crippen MR) is 55.6 cm³/mol. The van der Waals surface area contributed by atoms with Crippen LogP contribution in [0.1, 0.15) is 6.42 Å². The van der Waals surface area contributed by atoms with Crippen LogP contribution >= 0.6 is 0 Å². The zero-order valence-corrected chi connectivity index (χ0v) is 9.01. The number of carboxylic acid groups (broad SMARTS) is 1. The number of hydrogen-bond donors (Lipinski definition) is 4. The third-order valence-corrected chi connectivity index (χ3v) is 1.66. The van der Waals surface area contributed by atoms with Crippen LogP contribution in [0.25, 0.3) is 0 Å². The van der Waals surface area contributed by atoms with E-state index in [0.29, 0.717) is 0 Å². The topological polar surface area (TPSA) is 156 Å². The molecule has 96 valence electrons. The Morgan fingerprint density at radius 1 is 1.12 bits per heavy atom. The molecule has 0 heterocycles. The smallest absolute Gasteiger partial charge is 0.318 e. The van der Waals surface area contributed by atoms with Gasteiger partial charge in [0.05, 0.1) is 13.1 Å². The molecule has 0 aromatic heterocycles. The first-order valence-electron chi connectivity index (χ1n) is 4.63. The van der Waals surface area contributed by atoms with Gasteiger partial charge in [-0.1, -0.05) is 0 Å². The third kappa shape index (κ3) is 8.81. The first-order valence-corrected chi connectivity index (χ1v) is 4.63. The third-order valence-electron chi connectivity index (χ3n) is 1.66. The highest BCUT2D eigenvalue weighted by atomic mass is 16.4. The van der Waals surface area contributed by atoms with E-state index >= 15 is 0 Å². The second kappa shape index (κ2) is 7.17. The number of carboxylic acids is 1. The lowest BCUT2D eigenvalue weighted by molar-refractivity contribution is -0.139. The van der Waals surface area contributed by atoms with Crippen molar-refractivity contribution >= 4 is 23.8 Å². The van der Waals surface area contributed by atoms with Crippen LogP contribution in [-0.2, 0) is 14.4 Å². The van der Waals surface area contributed by atoms with Crippen LogP contribution in [-0.4, -0.2) is 53.5 Å². The standard InChI is InChI=1S/C8H14N4O5/c9-5(13)3-12(4-7(15)16)2-1-6(14)11-8(10)17/h1-4H2,(H2,9,13)(H,15,16)(H3,10,11,14,17). The predicted octanol–water partition coefficient (Wildman–Crippen LogP) is -2.56. The van der Waals surface area contributed by atoms with Crippen molar-refractivity contribution in [2.45, 2.75) is 6.42 Å². The number of carbonyl (C=O) groups excluding carboxylic acids is 3. The van der Waals surface area contributed by atoms with Crippen LogP contribution in [0.2, 0.25) is 0 Å². The van der Waals surface area contributed by atoms with Crippen LogP contribution < -0.4 is 16.8 Å². The van der Waals surface area contributed by atoms with E-state index in [2.05, 4.69) is 0 Å². The Bertz CT molecular complexity index is 314. The molecule has 9 nitrogen and oxygen atoms in total. The van der Waals surface area contributed by atoms with Crippen molar-refractivity contribution < 1.29 is 24.3 Å². The van der Waals surface area contributed by atoms with Gasteiger partial charge in [0.1, 0.15) is 0 Å². The SMILES string of the molecule is NC(=O)CN(CCC(=O)NC(N)=O)CC(=O)O. The number of nitrogens with one attached hydrogen (secondary N) is 1. The molecule has 4 amide bonds. The molecule has 6 N–H and O–H groups in total. The Hall–Kier alpha value is -2.16. The van der Waals surface area contributed by atoms with Gasteiger partial charge < -0.3 is 16.6 Å². The van der Waals surface area contributed by atoms with E-state index in [-0.39, 0.29) is 19.5 Å². The van der Waals surface area contributed by atoms with E-state index < -0.39 is 30.4 Å². The Kier molecular flexibility index (Phi) is 6.26. The molecule has 0 bridgehead atoms. The zero-order chi connectivity index (χ0) is 13.4. The summed E-state index contributed by atoms with van der Waals surface area (Å²) in [7, 11) is 0. The van der Waals surface area contributed by atoms with Crippen molar-refractivity contribution in [2.24, 2.45) is 11.5 Å². The molecule has 0 aromatic carbocycles. The summed E-state index contributed by atoms with van der Waals surface area (Å²) in [5, 5.41) is 10.4. The number of aliphatic carboxylic acids is 1. The summed E-state index contributed by atoms with van der Waals surface area (Å²) < 4.78 is 0. The molecule has 0 unspecified atom stereocenters. The van der Waals surface area contributed by atoms with Crippen molar-refractivity contribution in [3.63, 3.8) is 0 Å². The minimum absolute atomic E-state index is 0.0195. The molecule has 0 rings (SSSR count). The van der Waals surface area contributed by atoms with Crippen LogP contribution in [0, 0.1) is 0 Å². The van der Waals surface area contributed by atoms with Gasteiger partial charge in [0.25, 0.3) is 0 Å². The van der Waals surface area contributed by atoms with Gasteiger partial charge in [0.2, 0.25) is 11.8 Å². The van der Waals surface area contributed by atoms with E-state index in [1.165, 1.54) is 4.90 Å². The monoisotopic (exact) mass is 246 g/mol. The molecule has 9 heteroatoms. The molecule has 0 aliphatic heterocycles. The maximum atomic E-state index is 11.0. The van der Waals surface area contributed by atoms with Crippen LogP contribution in [0.3, 0.4) is 0 Å². The number of nitrogens with zero attached hydrogens (tertiary/aromatic N) is 1. The van der Waals surface area contributed by atoms with Crippen LogP contribution in [0.4, 0.5) is 4.79 Å². The summed E-state index contributed by atoms with van der Waals surface area (Å²) in [5.74, 6) is -2.51. The highest BCUT2D eigenvalue weighted by molar-refractivity contribution is 5.93. The second-order valence-electron chi connectivity index (χ2n) is 3.23. The van der Waals surface area contributed by atoms with Gasteiger partial charge in [-0.05, 0) is 0 Å². The lowest BCUT2D eigenvalue weighted by atomic mass is 10.3. The average molecular weight is 246 g/mol. The zero-order valence-electron chi connectivity index (χ0n) is 9.01. The maximum absolute atomic E-state index is 11.0. The van der Waals surface area contributed by atoms with Crippen molar-refractivity contribution in [3.05, 3.63) is 0 Å². The summed E-state index contributed by atoms with van der Waals surface area (Å²) in [4.78, 5) is 43.6. The molecule has 0 saturated heterocycles. The van der Waals surface area contributed by atoms with Gasteiger partial charge in [-0.25, -0.2) is 4.79 Å². The Morgan fingerprint density at radius 2 is 1.71 bits per heavy atom. The Morgan fingerprint density at radius 3 is 2.12 bits per heavy atom. The van der Waals surface area contributed by atoms with Crippen LogP contribution in [0.5, 0.6) is 0 Å². The lowest BCUT2D eigenvalue weighted by Crippen LogP contribution is -2.41. The molecular formula is C8H14N4O5. The fourth-order valence-electron chi connectivity index (χ4n) is 1.09. The molecule has 0 atom stereocenters.